The molecule has 0 saturated carbocycles. The molecule has 4 aromatic rings. The van der Waals surface area contributed by atoms with Crippen molar-refractivity contribution in [1.29, 1.82) is 0 Å². The lowest BCUT2D eigenvalue weighted by Gasteiger charge is -2.00. The Bertz CT molecular complexity index is 1030. The Morgan fingerprint density at radius 3 is 2.96 bits per heavy atom. The maximum atomic E-state index is 13.3. The predicted molar refractivity (Wildman–Crippen MR) is 91.7 cm³/mol. The van der Waals surface area contributed by atoms with E-state index in [2.05, 4.69) is 10.3 Å². The largest absolute Gasteiger partial charge is 0.451 e. The van der Waals surface area contributed by atoms with Crippen molar-refractivity contribution < 1.29 is 13.6 Å². The first kappa shape index (κ1) is 14.8. The number of furan rings is 1. The molecule has 2 aromatic carbocycles. The average Bonchev–Trinajstić information content (AvgIpc) is 3.14. The molecule has 6 heteroatoms. The van der Waals surface area contributed by atoms with Gasteiger partial charge < -0.3 is 9.73 Å². The van der Waals surface area contributed by atoms with Gasteiger partial charge in [0, 0.05) is 10.9 Å². The maximum absolute atomic E-state index is 13.3. The summed E-state index contributed by atoms with van der Waals surface area (Å²) < 4.78 is 20.0. The molecule has 0 radical (unpaired) electrons. The van der Waals surface area contributed by atoms with Crippen LogP contribution in [0.2, 0.25) is 0 Å². The minimum atomic E-state index is -0.354. The first-order chi connectivity index (χ1) is 11.6. The van der Waals surface area contributed by atoms with E-state index in [1.54, 1.807) is 6.92 Å². The molecule has 2 aromatic heterocycles. The van der Waals surface area contributed by atoms with Crippen molar-refractivity contribution in [2.45, 2.75) is 13.5 Å². The third-order valence-electron chi connectivity index (χ3n) is 3.84. The third kappa shape index (κ3) is 2.55. The highest BCUT2D eigenvalue weighted by Gasteiger charge is 2.18. The van der Waals surface area contributed by atoms with Gasteiger partial charge in [-0.1, -0.05) is 12.1 Å². The van der Waals surface area contributed by atoms with Crippen LogP contribution < -0.4 is 5.32 Å². The molecule has 1 N–H and O–H groups in total. The first-order valence-electron chi connectivity index (χ1n) is 7.43. The van der Waals surface area contributed by atoms with Crippen LogP contribution in [0.25, 0.3) is 21.2 Å². The van der Waals surface area contributed by atoms with Crippen molar-refractivity contribution in [3.05, 3.63) is 64.6 Å². The molecule has 0 aliphatic heterocycles. The summed E-state index contributed by atoms with van der Waals surface area (Å²) in [6, 6.07) is 12.0. The molecule has 0 bridgehead atoms. The smallest absolute Gasteiger partial charge is 0.287 e. The number of hydrogen-bond donors (Lipinski definition) is 1. The minimum Gasteiger partial charge on any atom is -0.451 e. The van der Waals surface area contributed by atoms with E-state index in [-0.39, 0.29) is 17.5 Å². The Balaban J connectivity index is 1.56. The van der Waals surface area contributed by atoms with Crippen molar-refractivity contribution in [1.82, 2.24) is 10.3 Å². The van der Waals surface area contributed by atoms with Gasteiger partial charge in [0.2, 0.25) is 0 Å². The summed E-state index contributed by atoms with van der Waals surface area (Å²) >= 11 is 1.54. The summed E-state index contributed by atoms with van der Waals surface area (Å²) in [6.45, 7) is 2.07. The van der Waals surface area contributed by atoms with Crippen LogP contribution in [0.4, 0.5) is 4.39 Å². The number of carbonyl (C=O) groups is 1. The van der Waals surface area contributed by atoms with E-state index in [1.165, 1.54) is 29.5 Å². The molecule has 24 heavy (non-hydrogen) atoms. The highest BCUT2D eigenvalue weighted by atomic mass is 32.1. The molecule has 0 spiro atoms. The van der Waals surface area contributed by atoms with Crippen molar-refractivity contribution in [3.8, 4) is 0 Å². The topological polar surface area (TPSA) is 55.1 Å². The van der Waals surface area contributed by atoms with E-state index in [0.29, 0.717) is 23.1 Å². The van der Waals surface area contributed by atoms with Gasteiger partial charge in [0.05, 0.1) is 16.8 Å². The zero-order valence-electron chi connectivity index (χ0n) is 12.8. The molecule has 1 amide bonds. The second-order valence-corrected chi connectivity index (χ2v) is 6.57. The standard InChI is InChI=1S/C18H13FN2O2S/c1-10-12-8-11(19)6-7-14(12)23-17(10)18(22)20-9-16-21-13-4-2-3-5-15(13)24-16/h2-8H,9H2,1H3,(H,20,22). The molecule has 0 fully saturated rings. The van der Waals surface area contributed by atoms with Gasteiger partial charge >= 0.3 is 0 Å². The van der Waals surface area contributed by atoms with Crippen LogP contribution in [0, 0.1) is 12.7 Å². The molecule has 0 saturated heterocycles. The van der Waals surface area contributed by atoms with E-state index in [9.17, 15) is 9.18 Å². The summed E-state index contributed by atoms with van der Waals surface area (Å²) in [4.78, 5) is 16.9. The Kier molecular flexibility index (Phi) is 3.54. The van der Waals surface area contributed by atoms with E-state index in [4.69, 9.17) is 4.42 Å². The molecule has 0 atom stereocenters. The van der Waals surface area contributed by atoms with Crippen molar-refractivity contribution in [2.75, 3.05) is 0 Å². The average molecular weight is 340 g/mol. The second kappa shape index (κ2) is 5.72. The summed E-state index contributed by atoms with van der Waals surface area (Å²) in [7, 11) is 0. The highest BCUT2D eigenvalue weighted by Crippen LogP contribution is 2.26. The van der Waals surface area contributed by atoms with Crippen molar-refractivity contribution >= 4 is 38.4 Å². The number of halogens is 1. The fourth-order valence-electron chi connectivity index (χ4n) is 2.64. The Morgan fingerprint density at radius 1 is 1.29 bits per heavy atom. The van der Waals surface area contributed by atoms with Crippen LogP contribution in [0.5, 0.6) is 0 Å². The normalized spacial score (nSPS) is 11.2. The van der Waals surface area contributed by atoms with Crippen molar-refractivity contribution in [2.24, 2.45) is 0 Å². The summed E-state index contributed by atoms with van der Waals surface area (Å²) in [5, 5.41) is 4.25. The molecular weight excluding hydrogens is 327 g/mol. The van der Waals surface area contributed by atoms with E-state index < -0.39 is 0 Å². The van der Waals surface area contributed by atoms with Crippen LogP contribution in [-0.2, 0) is 6.54 Å². The van der Waals surface area contributed by atoms with Gasteiger partial charge in [-0.15, -0.1) is 11.3 Å². The van der Waals surface area contributed by atoms with Crippen molar-refractivity contribution in [3.63, 3.8) is 0 Å². The summed E-state index contributed by atoms with van der Waals surface area (Å²) in [5.74, 6) is -0.479. The molecule has 0 aliphatic rings. The molecule has 0 unspecified atom stereocenters. The number of aromatic nitrogens is 1. The molecule has 4 rings (SSSR count). The molecular formula is C18H13FN2O2S. The zero-order chi connectivity index (χ0) is 16.7. The Morgan fingerprint density at radius 2 is 2.12 bits per heavy atom. The van der Waals surface area contributed by atoms with E-state index in [1.807, 2.05) is 24.3 Å². The maximum Gasteiger partial charge on any atom is 0.287 e. The van der Waals surface area contributed by atoms with Gasteiger partial charge in [0.15, 0.2) is 5.76 Å². The fraction of sp³-hybridized carbons (Fsp3) is 0.111. The Labute approximate surface area is 140 Å². The highest BCUT2D eigenvalue weighted by molar-refractivity contribution is 7.18. The van der Waals surface area contributed by atoms with Gasteiger partial charge in [-0.2, -0.15) is 0 Å². The van der Waals surface area contributed by atoms with Crippen LogP contribution in [0.15, 0.2) is 46.9 Å². The number of nitrogens with zero attached hydrogens (tertiary/aromatic N) is 1. The first-order valence-corrected chi connectivity index (χ1v) is 8.25. The lowest BCUT2D eigenvalue weighted by Crippen LogP contribution is -2.22. The predicted octanol–water partition coefficient (Wildman–Crippen LogP) is 4.42. The number of para-hydroxylation sites is 1. The third-order valence-corrected chi connectivity index (χ3v) is 4.88. The van der Waals surface area contributed by atoms with Crippen LogP contribution in [0.1, 0.15) is 21.1 Å². The number of nitrogens with one attached hydrogen (secondary N) is 1. The van der Waals surface area contributed by atoms with Gasteiger partial charge in [-0.25, -0.2) is 9.37 Å². The van der Waals surface area contributed by atoms with E-state index >= 15 is 0 Å². The number of carbonyl (C=O) groups excluding carboxylic acids is 1. The summed E-state index contributed by atoms with van der Waals surface area (Å²) in [6.07, 6.45) is 0. The van der Waals surface area contributed by atoms with Gasteiger partial charge in [0.25, 0.3) is 5.91 Å². The molecule has 2 heterocycles. The van der Waals surface area contributed by atoms with Gasteiger partial charge in [0.1, 0.15) is 16.4 Å². The SMILES string of the molecule is Cc1c(C(=O)NCc2nc3ccccc3s2)oc2ccc(F)cc12. The van der Waals surface area contributed by atoms with Gasteiger partial charge in [-0.3, -0.25) is 4.79 Å². The molecule has 0 aliphatic carbocycles. The zero-order valence-corrected chi connectivity index (χ0v) is 13.6. The number of rotatable bonds is 3. The van der Waals surface area contributed by atoms with E-state index in [0.717, 1.165) is 15.2 Å². The lowest BCUT2D eigenvalue weighted by molar-refractivity contribution is 0.0924. The summed E-state index contributed by atoms with van der Waals surface area (Å²) in [5.41, 5.74) is 2.05. The number of amides is 1. The quantitative estimate of drug-likeness (QED) is 0.601. The molecule has 120 valence electrons. The van der Waals surface area contributed by atoms with Crippen LogP contribution in [0.3, 0.4) is 0 Å². The monoisotopic (exact) mass is 340 g/mol. The fourth-order valence-corrected chi connectivity index (χ4v) is 3.55. The Hall–Kier alpha value is -2.73. The van der Waals surface area contributed by atoms with Crippen LogP contribution in [-0.4, -0.2) is 10.9 Å². The second-order valence-electron chi connectivity index (χ2n) is 5.45. The molecule has 4 nitrogen and oxygen atoms in total. The number of hydrogen-bond acceptors (Lipinski definition) is 4. The van der Waals surface area contributed by atoms with Gasteiger partial charge in [-0.05, 0) is 37.3 Å². The van der Waals surface area contributed by atoms with Crippen LogP contribution >= 0.6 is 11.3 Å². The number of aryl methyl sites for hydroxylation is 1. The lowest BCUT2D eigenvalue weighted by atomic mass is 10.1. The number of thiazole rings is 1. The number of fused-ring (bicyclic) bond motifs is 2. The minimum absolute atomic E-state index is 0.205. The number of benzene rings is 2.